The lowest BCUT2D eigenvalue weighted by Gasteiger charge is -2.23. The van der Waals surface area contributed by atoms with Crippen LogP contribution in [-0.4, -0.2) is 16.1 Å². The van der Waals surface area contributed by atoms with Crippen LogP contribution in [0.3, 0.4) is 0 Å². The first-order chi connectivity index (χ1) is 10.8. The van der Waals surface area contributed by atoms with Crippen LogP contribution in [0.5, 0.6) is 0 Å². The van der Waals surface area contributed by atoms with Gasteiger partial charge in [0.1, 0.15) is 0 Å². The summed E-state index contributed by atoms with van der Waals surface area (Å²) in [6.45, 7) is 12.2. The summed E-state index contributed by atoms with van der Waals surface area (Å²) in [6.07, 6.45) is 0. The van der Waals surface area contributed by atoms with Crippen molar-refractivity contribution in [3.8, 4) is 6.07 Å². The Labute approximate surface area is 143 Å². The number of hydrogen-bond acceptors (Lipinski definition) is 1. The van der Waals surface area contributed by atoms with Crippen molar-refractivity contribution in [2.75, 3.05) is 0 Å². The third kappa shape index (κ3) is 5.31. The van der Waals surface area contributed by atoms with Crippen LogP contribution in [-0.2, 0) is 0 Å². The van der Waals surface area contributed by atoms with Crippen LogP contribution in [0.15, 0.2) is 11.6 Å². The minimum atomic E-state index is -1.83. The number of nitrogens with zero attached hydrogens (tertiary/aromatic N) is 1. The van der Waals surface area contributed by atoms with Crippen molar-refractivity contribution in [1.82, 2.24) is 0 Å². The van der Waals surface area contributed by atoms with Gasteiger partial charge in [-0.15, -0.1) is 0 Å². The van der Waals surface area contributed by atoms with E-state index in [4.69, 9.17) is 0 Å². The highest BCUT2D eigenvalue weighted by Crippen LogP contribution is 2.35. The van der Waals surface area contributed by atoms with Crippen molar-refractivity contribution in [2.24, 2.45) is 0 Å². The molecule has 132 valence electrons. The molecule has 0 unspecified atom stereocenters. The minimum absolute atomic E-state index is 0.314. The number of halogens is 4. The molecule has 0 saturated heterocycles. The second-order valence-corrected chi connectivity index (χ2v) is 19.3. The van der Waals surface area contributed by atoms with Crippen molar-refractivity contribution in [3.05, 3.63) is 40.5 Å². The molecule has 1 aromatic carbocycles. The first-order valence-corrected chi connectivity index (χ1v) is 15.1. The van der Waals surface area contributed by atoms with Gasteiger partial charge in [-0.2, -0.15) is 5.26 Å². The van der Waals surface area contributed by atoms with Gasteiger partial charge < -0.3 is 0 Å². The first-order valence-electron chi connectivity index (χ1n) is 7.72. The van der Waals surface area contributed by atoms with Gasteiger partial charge >= 0.3 is 0 Å². The van der Waals surface area contributed by atoms with Crippen molar-refractivity contribution in [1.29, 1.82) is 5.26 Å². The van der Waals surface area contributed by atoms with Gasteiger partial charge in [-0.05, 0) is 23.7 Å². The van der Waals surface area contributed by atoms with Crippen LogP contribution in [0.1, 0.15) is 5.56 Å². The molecule has 0 aliphatic rings. The summed E-state index contributed by atoms with van der Waals surface area (Å²) in [5.74, 6) is -6.52. The lowest BCUT2D eigenvalue weighted by atomic mass is 10.0. The van der Waals surface area contributed by atoms with Crippen LogP contribution >= 0.6 is 0 Å². The largest absolute Gasteiger partial charge is 0.204 e. The summed E-state index contributed by atoms with van der Waals surface area (Å²) in [4.78, 5) is 0. The average molecular weight is 374 g/mol. The van der Waals surface area contributed by atoms with Crippen LogP contribution in [0.25, 0.3) is 5.57 Å². The fraction of sp³-hybridized carbons (Fsp3) is 0.471. The van der Waals surface area contributed by atoms with Crippen molar-refractivity contribution < 1.29 is 17.6 Å². The first kappa shape index (κ1) is 20.6. The van der Waals surface area contributed by atoms with E-state index >= 15 is 0 Å². The van der Waals surface area contributed by atoms with E-state index in [9.17, 15) is 22.8 Å². The zero-order valence-electron chi connectivity index (χ0n) is 15.0. The molecular formula is C17H23F4NSi2. The van der Waals surface area contributed by atoms with Gasteiger partial charge in [-0.25, -0.2) is 17.6 Å². The number of rotatable bonds is 5. The molecule has 0 N–H and O–H groups in total. The van der Waals surface area contributed by atoms with Gasteiger partial charge in [0.15, 0.2) is 23.3 Å². The molecule has 0 saturated carbocycles. The highest BCUT2D eigenvalue weighted by atomic mass is 28.3. The normalized spacial score (nSPS) is 13.5. The predicted octanol–water partition coefficient (Wildman–Crippen LogP) is 6.20. The maximum absolute atomic E-state index is 14.3. The van der Waals surface area contributed by atoms with E-state index in [1.165, 1.54) is 0 Å². The smallest absolute Gasteiger partial charge is 0.198 e. The highest BCUT2D eigenvalue weighted by molar-refractivity contribution is 6.78. The lowest BCUT2D eigenvalue weighted by molar-refractivity contribution is 0.407. The third-order valence-electron chi connectivity index (χ3n) is 3.34. The highest BCUT2D eigenvalue weighted by Gasteiger charge is 2.28. The SMILES string of the molecule is C[Si](C)(C)C/C(C#N)=C(\C[Si](C)(C)C)c1cc(F)c(F)c(F)c1F. The molecule has 24 heavy (non-hydrogen) atoms. The zero-order chi connectivity index (χ0) is 18.9. The Bertz CT molecular complexity index is 707. The topological polar surface area (TPSA) is 23.8 Å². The van der Waals surface area contributed by atoms with Crippen LogP contribution in [0.4, 0.5) is 17.6 Å². The standard InChI is InChI=1S/C17H23F4NSi2/c1-23(2,3)9-11(8-22)13(10-24(4,5)6)12-7-14(18)16(20)17(21)15(12)19/h7H,9-10H2,1-6H3/b13-11+. The summed E-state index contributed by atoms with van der Waals surface area (Å²) in [6, 6.07) is 3.63. The van der Waals surface area contributed by atoms with E-state index in [2.05, 4.69) is 25.7 Å². The molecule has 0 heterocycles. The second-order valence-electron chi connectivity index (χ2n) is 8.39. The number of nitriles is 1. The molecule has 1 aromatic rings. The summed E-state index contributed by atoms with van der Waals surface area (Å²) in [5, 5.41) is 9.55. The minimum Gasteiger partial charge on any atom is -0.204 e. The Morgan fingerprint density at radius 3 is 1.79 bits per heavy atom. The molecule has 7 heteroatoms. The molecule has 1 rings (SSSR count). The van der Waals surface area contributed by atoms with Crippen LogP contribution < -0.4 is 0 Å². The molecule has 0 spiro atoms. The van der Waals surface area contributed by atoms with E-state index in [-0.39, 0.29) is 5.56 Å². The Morgan fingerprint density at radius 1 is 0.875 bits per heavy atom. The molecule has 0 aliphatic heterocycles. The molecule has 0 atom stereocenters. The fourth-order valence-electron chi connectivity index (χ4n) is 2.43. The van der Waals surface area contributed by atoms with E-state index in [0.29, 0.717) is 29.3 Å². The summed E-state index contributed by atoms with van der Waals surface area (Å²) >= 11 is 0. The van der Waals surface area contributed by atoms with E-state index < -0.39 is 39.4 Å². The maximum Gasteiger partial charge on any atom is 0.198 e. The van der Waals surface area contributed by atoms with Crippen molar-refractivity contribution in [2.45, 2.75) is 51.4 Å². The molecule has 0 fully saturated rings. The molecule has 1 nitrogen and oxygen atoms in total. The summed E-state index contributed by atoms with van der Waals surface area (Å²) in [5.41, 5.74) is 0.332. The van der Waals surface area contributed by atoms with Crippen LogP contribution in [0.2, 0.25) is 51.4 Å². The zero-order valence-corrected chi connectivity index (χ0v) is 17.0. The molecule has 0 amide bonds. The second kappa shape index (κ2) is 7.23. The third-order valence-corrected chi connectivity index (χ3v) is 6.17. The maximum atomic E-state index is 14.3. The summed E-state index contributed by atoms with van der Waals surface area (Å²) < 4.78 is 54.9. The van der Waals surface area contributed by atoms with Gasteiger partial charge in [-0.3, -0.25) is 0 Å². The average Bonchev–Trinajstić information content (AvgIpc) is 2.42. The van der Waals surface area contributed by atoms with Gasteiger partial charge in [-0.1, -0.05) is 39.3 Å². The van der Waals surface area contributed by atoms with Crippen molar-refractivity contribution >= 4 is 21.7 Å². The Morgan fingerprint density at radius 2 is 1.38 bits per heavy atom. The quantitative estimate of drug-likeness (QED) is 0.198. The molecule has 0 bridgehead atoms. The number of benzene rings is 1. The molecular weight excluding hydrogens is 350 g/mol. The molecule has 0 aromatic heterocycles. The predicted molar refractivity (Wildman–Crippen MR) is 95.1 cm³/mol. The fourth-order valence-corrected chi connectivity index (χ4v) is 5.25. The van der Waals surface area contributed by atoms with Crippen LogP contribution in [0, 0.1) is 34.6 Å². The summed E-state index contributed by atoms with van der Waals surface area (Å²) in [7, 11) is -3.54. The number of hydrogen-bond donors (Lipinski definition) is 0. The Kier molecular flexibility index (Phi) is 6.22. The van der Waals surface area contributed by atoms with Gasteiger partial charge in [0.05, 0.1) is 6.07 Å². The Balaban J connectivity index is 3.71. The van der Waals surface area contributed by atoms with Gasteiger partial charge in [0.2, 0.25) is 0 Å². The van der Waals surface area contributed by atoms with E-state index in [1.54, 1.807) is 0 Å². The van der Waals surface area contributed by atoms with Gasteiger partial charge in [0, 0.05) is 27.3 Å². The van der Waals surface area contributed by atoms with E-state index in [1.807, 2.05) is 19.6 Å². The molecule has 0 radical (unpaired) electrons. The number of allylic oxidation sites excluding steroid dienone is 2. The van der Waals surface area contributed by atoms with Gasteiger partial charge in [0.25, 0.3) is 0 Å². The van der Waals surface area contributed by atoms with E-state index in [0.717, 1.165) is 0 Å². The van der Waals surface area contributed by atoms with Crippen molar-refractivity contribution in [3.63, 3.8) is 0 Å². The Hall–Kier alpha value is -1.40. The molecule has 0 aliphatic carbocycles. The lowest BCUT2D eigenvalue weighted by Crippen LogP contribution is -2.23. The monoisotopic (exact) mass is 373 g/mol.